The first-order valence-electron chi connectivity index (χ1n) is 10.8. The molecule has 0 unspecified atom stereocenters. The molecule has 0 saturated carbocycles. The van der Waals surface area contributed by atoms with Crippen LogP contribution in [0, 0.1) is 0 Å². The van der Waals surface area contributed by atoms with Gasteiger partial charge >= 0.3 is 0 Å². The van der Waals surface area contributed by atoms with Crippen molar-refractivity contribution in [2.75, 3.05) is 53.4 Å². The number of aromatic nitrogens is 3. The van der Waals surface area contributed by atoms with Gasteiger partial charge in [-0.05, 0) is 44.3 Å². The smallest absolute Gasteiger partial charge is 0.257 e. The average molecular weight is 419 g/mol. The Balaban J connectivity index is 1.49. The lowest BCUT2D eigenvalue weighted by atomic mass is 10.1. The highest BCUT2D eigenvalue weighted by molar-refractivity contribution is 5.99. The number of likely N-dealkylation sites (N-methyl/N-ethyl adjacent to an activating group) is 1. The first-order valence-corrected chi connectivity index (χ1v) is 10.8. The molecule has 31 heavy (non-hydrogen) atoms. The molecule has 3 heterocycles. The van der Waals surface area contributed by atoms with E-state index in [1.54, 1.807) is 17.1 Å². The van der Waals surface area contributed by atoms with E-state index < -0.39 is 0 Å². The van der Waals surface area contributed by atoms with Crippen LogP contribution in [0.1, 0.15) is 16.8 Å². The molecule has 0 aliphatic carbocycles. The van der Waals surface area contributed by atoms with E-state index in [4.69, 9.17) is 5.10 Å². The molecule has 7 nitrogen and oxygen atoms in total. The number of piperazine rings is 1. The first-order chi connectivity index (χ1) is 15.1. The van der Waals surface area contributed by atoms with Crippen molar-refractivity contribution >= 4 is 5.91 Å². The van der Waals surface area contributed by atoms with Gasteiger partial charge in [0.1, 0.15) is 5.69 Å². The Morgan fingerprint density at radius 3 is 2.55 bits per heavy atom. The fourth-order valence-corrected chi connectivity index (χ4v) is 3.87. The second kappa shape index (κ2) is 9.85. The molecule has 3 aromatic rings. The molecule has 1 aliphatic heterocycles. The van der Waals surface area contributed by atoms with Gasteiger partial charge in [-0.2, -0.15) is 5.10 Å². The van der Waals surface area contributed by atoms with E-state index in [1.807, 2.05) is 60.6 Å². The van der Waals surface area contributed by atoms with E-state index in [1.165, 1.54) is 0 Å². The van der Waals surface area contributed by atoms with E-state index >= 15 is 0 Å². The highest BCUT2D eigenvalue weighted by Crippen LogP contribution is 2.24. The second-order valence-corrected chi connectivity index (χ2v) is 8.14. The summed E-state index contributed by atoms with van der Waals surface area (Å²) in [6, 6.07) is 13.7. The molecule has 1 fully saturated rings. The van der Waals surface area contributed by atoms with Crippen LogP contribution in [0.25, 0.3) is 16.9 Å². The summed E-state index contributed by atoms with van der Waals surface area (Å²) in [7, 11) is 4.04. The Bertz CT molecular complexity index is 980. The Morgan fingerprint density at radius 1 is 1.06 bits per heavy atom. The number of benzene rings is 1. The van der Waals surface area contributed by atoms with Crippen LogP contribution in [0.4, 0.5) is 0 Å². The summed E-state index contributed by atoms with van der Waals surface area (Å²) < 4.78 is 1.77. The Kier molecular flexibility index (Phi) is 6.74. The summed E-state index contributed by atoms with van der Waals surface area (Å²) in [5.41, 5.74) is 3.02. The van der Waals surface area contributed by atoms with E-state index in [2.05, 4.69) is 21.8 Å². The topological polar surface area (TPSA) is 57.5 Å². The maximum absolute atomic E-state index is 13.3. The molecule has 1 aliphatic rings. The van der Waals surface area contributed by atoms with Crippen LogP contribution in [0.2, 0.25) is 0 Å². The third kappa shape index (κ3) is 5.18. The van der Waals surface area contributed by atoms with Crippen LogP contribution in [0.5, 0.6) is 0 Å². The van der Waals surface area contributed by atoms with Crippen molar-refractivity contribution in [3.05, 3.63) is 66.6 Å². The van der Waals surface area contributed by atoms with Crippen LogP contribution < -0.4 is 0 Å². The summed E-state index contributed by atoms with van der Waals surface area (Å²) in [5.74, 6) is -0.0144. The summed E-state index contributed by atoms with van der Waals surface area (Å²) in [6.07, 6.45) is 6.27. The number of carbonyl (C=O) groups excluding carboxylic acids is 1. The molecule has 2 aromatic heterocycles. The number of carbonyl (C=O) groups is 1. The lowest BCUT2D eigenvalue weighted by Crippen LogP contribution is -2.45. The molecule has 4 rings (SSSR count). The quantitative estimate of drug-likeness (QED) is 0.590. The summed E-state index contributed by atoms with van der Waals surface area (Å²) in [6.45, 7) is 6.16. The molecule has 0 atom stereocenters. The van der Waals surface area contributed by atoms with Gasteiger partial charge in [0.25, 0.3) is 5.91 Å². The number of rotatable bonds is 7. The number of nitrogens with zero attached hydrogens (tertiary/aromatic N) is 6. The molecule has 0 bridgehead atoms. The molecule has 1 saturated heterocycles. The van der Waals surface area contributed by atoms with Gasteiger partial charge in [0.15, 0.2) is 0 Å². The van der Waals surface area contributed by atoms with E-state index in [9.17, 15) is 4.79 Å². The predicted octanol–water partition coefficient (Wildman–Crippen LogP) is 2.64. The molecule has 0 radical (unpaired) electrons. The van der Waals surface area contributed by atoms with Crippen LogP contribution >= 0.6 is 0 Å². The minimum Gasteiger partial charge on any atom is -0.342 e. The van der Waals surface area contributed by atoms with Gasteiger partial charge in [-0.1, -0.05) is 18.2 Å². The number of amides is 1. The standard InChI is InChI=1S/C24H30N6O/c1-27-14-16-29(17-15-27)13-7-12-28(2)24(31)22-19-30(21-9-4-3-5-10-21)26-23(22)20-8-6-11-25-18-20/h3-6,8-11,18-19H,7,12-17H2,1-2H3. The largest absolute Gasteiger partial charge is 0.342 e. The SMILES string of the molecule is CN1CCN(CCCN(C)C(=O)c2cn(-c3ccccc3)nc2-c2cccnc2)CC1. The Hall–Kier alpha value is -3.03. The Morgan fingerprint density at radius 2 is 1.84 bits per heavy atom. The lowest BCUT2D eigenvalue weighted by molar-refractivity contribution is 0.0784. The molecule has 0 spiro atoms. The normalized spacial score (nSPS) is 15.2. The van der Waals surface area contributed by atoms with Crippen LogP contribution in [-0.4, -0.2) is 88.7 Å². The van der Waals surface area contributed by atoms with E-state index in [-0.39, 0.29) is 5.91 Å². The van der Waals surface area contributed by atoms with Crippen molar-refractivity contribution < 1.29 is 4.79 Å². The minimum absolute atomic E-state index is 0.0144. The molecular weight excluding hydrogens is 388 g/mol. The fraction of sp³-hybridized carbons (Fsp3) is 0.375. The zero-order valence-electron chi connectivity index (χ0n) is 18.3. The third-order valence-corrected chi connectivity index (χ3v) is 5.81. The maximum atomic E-state index is 13.3. The van der Waals surface area contributed by atoms with E-state index in [0.717, 1.165) is 50.4 Å². The van der Waals surface area contributed by atoms with Crippen molar-refractivity contribution in [2.45, 2.75) is 6.42 Å². The predicted molar refractivity (Wildman–Crippen MR) is 122 cm³/mol. The van der Waals surface area contributed by atoms with Crippen molar-refractivity contribution in [1.82, 2.24) is 29.5 Å². The minimum atomic E-state index is -0.0144. The monoisotopic (exact) mass is 418 g/mol. The van der Waals surface area contributed by atoms with Gasteiger partial charge in [-0.3, -0.25) is 9.78 Å². The molecule has 162 valence electrons. The Labute approximate surface area is 183 Å². The van der Waals surface area contributed by atoms with Gasteiger partial charge in [0, 0.05) is 63.9 Å². The second-order valence-electron chi connectivity index (χ2n) is 8.14. The van der Waals surface area contributed by atoms with Crippen LogP contribution in [-0.2, 0) is 0 Å². The molecular formula is C24H30N6O. The van der Waals surface area contributed by atoms with Gasteiger partial charge in [0.05, 0.1) is 11.3 Å². The third-order valence-electron chi connectivity index (χ3n) is 5.81. The average Bonchev–Trinajstić information content (AvgIpc) is 3.26. The zero-order valence-corrected chi connectivity index (χ0v) is 18.3. The number of para-hydroxylation sites is 1. The number of hydrogen-bond donors (Lipinski definition) is 0. The van der Waals surface area contributed by atoms with Crippen molar-refractivity contribution in [2.24, 2.45) is 0 Å². The van der Waals surface area contributed by atoms with Crippen molar-refractivity contribution in [1.29, 1.82) is 0 Å². The maximum Gasteiger partial charge on any atom is 0.257 e. The summed E-state index contributed by atoms with van der Waals surface area (Å²) in [5, 5.41) is 4.73. The molecule has 1 amide bonds. The lowest BCUT2D eigenvalue weighted by Gasteiger charge is -2.32. The van der Waals surface area contributed by atoms with Gasteiger partial charge in [-0.25, -0.2) is 4.68 Å². The fourth-order valence-electron chi connectivity index (χ4n) is 3.87. The number of hydrogen-bond acceptors (Lipinski definition) is 5. The van der Waals surface area contributed by atoms with Crippen molar-refractivity contribution in [3.63, 3.8) is 0 Å². The van der Waals surface area contributed by atoms with Gasteiger partial charge in [-0.15, -0.1) is 0 Å². The number of pyridine rings is 1. The highest BCUT2D eigenvalue weighted by Gasteiger charge is 2.22. The first kappa shape index (κ1) is 21.2. The summed E-state index contributed by atoms with van der Waals surface area (Å²) >= 11 is 0. The van der Waals surface area contributed by atoms with Gasteiger partial charge < -0.3 is 14.7 Å². The van der Waals surface area contributed by atoms with E-state index in [0.29, 0.717) is 17.8 Å². The summed E-state index contributed by atoms with van der Waals surface area (Å²) in [4.78, 5) is 24.2. The van der Waals surface area contributed by atoms with Crippen molar-refractivity contribution in [3.8, 4) is 16.9 Å². The van der Waals surface area contributed by atoms with Gasteiger partial charge in [0.2, 0.25) is 0 Å². The molecule has 7 heteroatoms. The zero-order chi connectivity index (χ0) is 21.6. The van der Waals surface area contributed by atoms with Crippen LogP contribution in [0.3, 0.4) is 0 Å². The molecule has 1 aromatic carbocycles. The van der Waals surface area contributed by atoms with Crippen LogP contribution in [0.15, 0.2) is 61.1 Å². The highest BCUT2D eigenvalue weighted by atomic mass is 16.2. The molecule has 0 N–H and O–H groups in total.